The number of nitrogens with zero attached hydrogens (tertiary/aromatic N) is 1. The molecule has 0 saturated heterocycles. The number of esters is 1. The average Bonchev–Trinajstić information content (AvgIpc) is 3.25. The molecule has 0 bridgehead atoms. The van der Waals surface area contributed by atoms with Crippen LogP contribution in [0.15, 0.2) is 71.4 Å². The molecule has 4 rings (SSSR count). The van der Waals surface area contributed by atoms with E-state index < -0.39 is 5.97 Å². The molecule has 0 radical (unpaired) electrons. The maximum atomic E-state index is 12.4. The van der Waals surface area contributed by atoms with Crippen molar-refractivity contribution < 1.29 is 28.5 Å². The van der Waals surface area contributed by atoms with Crippen LogP contribution >= 0.6 is 0 Å². The largest absolute Gasteiger partial charge is 0.497 e. The van der Waals surface area contributed by atoms with Crippen molar-refractivity contribution in [2.45, 2.75) is 13.8 Å². The van der Waals surface area contributed by atoms with E-state index in [2.05, 4.69) is 10.3 Å². The Kier molecular flexibility index (Phi) is 7.34. The Morgan fingerprint density at radius 3 is 2.42 bits per heavy atom. The van der Waals surface area contributed by atoms with Crippen LogP contribution in [-0.4, -0.2) is 38.6 Å². The van der Waals surface area contributed by atoms with Crippen molar-refractivity contribution in [1.82, 2.24) is 0 Å². The number of methoxy groups -OCH3 is 2. The summed E-state index contributed by atoms with van der Waals surface area (Å²) in [6.07, 6.45) is 1.61. The van der Waals surface area contributed by atoms with Crippen molar-refractivity contribution in [2.24, 2.45) is 4.99 Å². The number of aryl methyl sites for hydroxylation is 2. The zero-order valence-electron chi connectivity index (χ0n) is 20.5. The van der Waals surface area contributed by atoms with Gasteiger partial charge in [0.15, 0.2) is 23.8 Å². The fourth-order valence-electron chi connectivity index (χ4n) is 3.47. The van der Waals surface area contributed by atoms with Crippen LogP contribution in [-0.2, 0) is 14.3 Å². The number of rotatable bonds is 8. The number of benzene rings is 3. The second-order valence-corrected chi connectivity index (χ2v) is 8.11. The molecule has 1 heterocycles. The van der Waals surface area contributed by atoms with E-state index in [1.165, 1.54) is 7.11 Å². The van der Waals surface area contributed by atoms with E-state index in [0.29, 0.717) is 28.5 Å². The molecule has 8 nitrogen and oxygen atoms in total. The maximum Gasteiger partial charge on any atom is 0.363 e. The molecule has 1 N–H and O–H groups in total. The van der Waals surface area contributed by atoms with E-state index in [0.717, 1.165) is 16.7 Å². The van der Waals surface area contributed by atoms with Crippen molar-refractivity contribution in [2.75, 3.05) is 26.1 Å². The minimum Gasteiger partial charge on any atom is -0.497 e. The Hall–Kier alpha value is -4.59. The Morgan fingerprint density at radius 2 is 1.72 bits per heavy atom. The SMILES string of the molecule is COc1ccc(NC(=O)COc2ccc(/C=C3/N=C(c4ccc(C)c(C)c4)OC3=O)cc2OC)cc1. The summed E-state index contributed by atoms with van der Waals surface area (Å²) in [4.78, 5) is 29.0. The Morgan fingerprint density at radius 1 is 0.944 bits per heavy atom. The molecule has 0 aliphatic carbocycles. The molecular weight excluding hydrogens is 460 g/mol. The highest BCUT2D eigenvalue weighted by atomic mass is 16.6. The van der Waals surface area contributed by atoms with Gasteiger partial charge < -0.3 is 24.3 Å². The van der Waals surface area contributed by atoms with Gasteiger partial charge in [-0.1, -0.05) is 12.1 Å². The number of hydrogen-bond acceptors (Lipinski definition) is 7. The number of carbonyl (C=O) groups is 2. The number of ether oxygens (including phenoxy) is 4. The van der Waals surface area contributed by atoms with Gasteiger partial charge in [-0.15, -0.1) is 0 Å². The van der Waals surface area contributed by atoms with Gasteiger partial charge in [-0.3, -0.25) is 4.79 Å². The summed E-state index contributed by atoms with van der Waals surface area (Å²) < 4.78 is 21.5. The molecule has 0 spiro atoms. The van der Waals surface area contributed by atoms with Crippen LogP contribution in [0.5, 0.6) is 17.2 Å². The summed E-state index contributed by atoms with van der Waals surface area (Å²) in [7, 11) is 3.07. The van der Waals surface area contributed by atoms with Crippen LogP contribution in [0.1, 0.15) is 22.3 Å². The number of nitrogens with one attached hydrogen (secondary N) is 1. The zero-order valence-corrected chi connectivity index (χ0v) is 20.5. The molecule has 1 amide bonds. The van der Waals surface area contributed by atoms with Gasteiger partial charge in [0.25, 0.3) is 5.91 Å². The standard InChI is InChI=1S/C28H26N2O6/c1-17-5-7-20(13-18(17)2)27-30-23(28(32)36-27)14-19-6-12-24(25(15-19)34-4)35-16-26(31)29-21-8-10-22(33-3)11-9-21/h5-15H,16H2,1-4H3,(H,29,31)/b23-14+. The number of carbonyl (C=O) groups excluding carboxylic acids is 2. The number of aliphatic imine (C=N–C) groups is 1. The summed E-state index contributed by atoms with van der Waals surface area (Å²) in [5.74, 6) is 0.906. The third-order valence-electron chi connectivity index (χ3n) is 5.60. The van der Waals surface area contributed by atoms with Crippen molar-refractivity contribution >= 4 is 29.5 Å². The predicted molar refractivity (Wildman–Crippen MR) is 137 cm³/mol. The van der Waals surface area contributed by atoms with E-state index in [9.17, 15) is 9.59 Å². The molecule has 0 unspecified atom stereocenters. The van der Waals surface area contributed by atoms with Crippen LogP contribution in [0.2, 0.25) is 0 Å². The van der Waals surface area contributed by atoms with Crippen LogP contribution in [0.4, 0.5) is 5.69 Å². The van der Waals surface area contributed by atoms with Gasteiger partial charge in [0.1, 0.15) is 5.75 Å². The highest BCUT2D eigenvalue weighted by molar-refractivity contribution is 6.13. The van der Waals surface area contributed by atoms with Gasteiger partial charge in [-0.05, 0) is 85.1 Å². The van der Waals surface area contributed by atoms with Crippen LogP contribution in [0.25, 0.3) is 6.08 Å². The third kappa shape index (κ3) is 5.72. The van der Waals surface area contributed by atoms with Gasteiger partial charge in [0.2, 0.25) is 5.90 Å². The first-order valence-corrected chi connectivity index (χ1v) is 11.2. The van der Waals surface area contributed by atoms with E-state index in [-0.39, 0.29) is 24.1 Å². The smallest absolute Gasteiger partial charge is 0.363 e. The number of hydrogen-bond donors (Lipinski definition) is 1. The average molecular weight is 487 g/mol. The molecule has 36 heavy (non-hydrogen) atoms. The molecule has 0 aromatic heterocycles. The van der Waals surface area contributed by atoms with Gasteiger partial charge in [0, 0.05) is 11.3 Å². The number of amides is 1. The summed E-state index contributed by atoms with van der Waals surface area (Å²) >= 11 is 0. The molecule has 1 aliphatic heterocycles. The topological polar surface area (TPSA) is 95.5 Å². The molecule has 8 heteroatoms. The summed E-state index contributed by atoms with van der Waals surface area (Å²) in [5, 5.41) is 2.75. The lowest BCUT2D eigenvalue weighted by atomic mass is 10.1. The molecule has 3 aromatic carbocycles. The minimum absolute atomic E-state index is 0.179. The van der Waals surface area contributed by atoms with Gasteiger partial charge in [-0.2, -0.15) is 0 Å². The monoisotopic (exact) mass is 486 g/mol. The van der Waals surface area contributed by atoms with Crippen molar-refractivity contribution in [1.29, 1.82) is 0 Å². The van der Waals surface area contributed by atoms with Crippen LogP contribution in [0.3, 0.4) is 0 Å². The normalized spacial score (nSPS) is 13.7. The second-order valence-electron chi connectivity index (χ2n) is 8.11. The predicted octanol–water partition coefficient (Wildman–Crippen LogP) is 4.68. The first-order chi connectivity index (χ1) is 17.4. The van der Waals surface area contributed by atoms with Gasteiger partial charge in [-0.25, -0.2) is 9.79 Å². The molecule has 0 saturated carbocycles. The van der Waals surface area contributed by atoms with Crippen molar-refractivity contribution in [3.05, 3.63) is 88.6 Å². The summed E-state index contributed by atoms with van der Waals surface area (Å²) in [5.41, 5.74) is 4.44. The summed E-state index contributed by atoms with van der Waals surface area (Å²) in [6.45, 7) is 3.80. The second kappa shape index (κ2) is 10.8. The molecule has 0 fully saturated rings. The van der Waals surface area contributed by atoms with E-state index in [1.54, 1.807) is 55.7 Å². The number of cyclic esters (lactones) is 1. The minimum atomic E-state index is -0.530. The van der Waals surface area contributed by atoms with E-state index in [4.69, 9.17) is 18.9 Å². The van der Waals surface area contributed by atoms with E-state index >= 15 is 0 Å². The lowest BCUT2D eigenvalue weighted by Crippen LogP contribution is -2.20. The highest BCUT2D eigenvalue weighted by Crippen LogP contribution is 2.30. The van der Waals surface area contributed by atoms with Gasteiger partial charge in [0.05, 0.1) is 14.2 Å². The first-order valence-electron chi connectivity index (χ1n) is 11.2. The van der Waals surface area contributed by atoms with E-state index in [1.807, 2.05) is 32.0 Å². The molecule has 0 atom stereocenters. The molecule has 3 aromatic rings. The first kappa shape index (κ1) is 24.5. The van der Waals surface area contributed by atoms with Gasteiger partial charge >= 0.3 is 5.97 Å². The van der Waals surface area contributed by atoms with Crippen LogP contribution < -0.4 is 19.5 Å². The zero-order chi connectivity index (χ0) is 25.7. The lowest BCUT2D eigenvalue weighted by Gasteiger charge is -2.12. The van der Waals surface area contributed by atoms with Crippen molar-refractivity contribution in [3.63, 3.8) is 0 Å². The highest BCUT2D eigenvalue weighted by Gasteiger charge is 2.24. The van der Waals surface area contributed by atoms with Crippen molar-refractivity contribution in [3.8, 4) is 17.2 Å². The Labute approximate surface area is 209 Å². The third-order valence-corrected chi connectivity index (χ3v) is 5.60. The molecular formula is C28H26N2O6. The number of anilines is 1. The molecule has 1 aliphatic rings. The fraction of sp³-hybridized carbons (Fsp3) is 0.179. The Balaban J connectivity index is 1.44. The lowest BCUT2D eigenvalue weighted by molar-refractivity contribution is -0.130. The maximum absolute atomic E-state index is 12.4. The van der Waals surface area contributed by atoms with Crippen LogP contribution in [0, 0.1) is 13.8 Å². The molecule has 184 valence electrons. The Bertz CT molecular complexity index is 1360. The summed E-state index contributed by atoms with van der Waals surface area (Å²) in [6, 6.07) is 17.8. The quantitative estimate of drug-likeness (QED) is 0.367. The fourth-order valence-corrected chi connectivity index (χ4v) is 3.47.